The van der Waals surface area contributed by atoms with Gasteiger partial charge in [-0.05, 0) is 18.2 Å². The fourth-order valence-corrected chi connectivity index (χ4v) is 4.63. The fourth-order valence-electron chi connectivity index (χ4n) is 4.63. The van der Waals surface area contributed by atoms with Crippen LogP contribution in [-0.4, -0.2) is 71.1 Å². The maximum Gasteiger partial charge on any atom is 0.231 e. The molecule has 4 N–H and O–H groups in total. The zero-order valence-corrected chi connectivity index (χ0v) is 16.8. The number of hydrogen-bond donors (Lipinski definition) is 4. The highest BCUT2D eigenvalue weighted by atomic mass is 16.7. The lowest BCUT2D eigenvalue weighted by atomic mass is 9.89. The van der Waals surface area contributed by atoms with Crippen molar-refractivity contribution >= 4 is 0 Å². The topological polar surface area (TPSA) is 136 Å². The van der Waals surface area contributed by atoms with Crippen LogP contribution in [0.4, 0.5) is 0 Å². The summed E-state index contributed by atoms with van der Waals surface area (Å²) in [6.45, 7) is 0.0293. The van der Waals surface area contributed by atoms with Crippen molar-refractivity contribution in [3.63, 3.8) is 0 Å². The smallest absolute Gasteiger partial charge is 0.231 e. The van der Waals surface area contributed by atoms with E-state index in [9.17, 15) is 20.4 Å². The summed E-state index contributed by atoms with van der Waals surface area (Å²) in [4.78, 5) is 0. The fraction of sp³-hybridized carbons (Fsp3) is 0.455. The highest BCUT2D eigenvalue weighted by molar-refractivity contribution is 5.61. The molecule has 0 aliphatic carbocycles. The van der Waals surface area contributed by atoms with Crippen molar-refractivity contribution in [3.05, 3.63) is 41.5 Å². The van der Waals surface area contributed by atoms with Gasteiger partial charge < -0.3 is 48.8 Å². The lowest BCUT2D eigenvalue weighted by Crippen LogP contribution is -2.60. The molecule has 0 amide bonds. The summed E-state index contributed by atoms with van der Waals surface area (Å²) in [7, 11) is 0. The number of benzene rings is 2. The van der Waals surface area contributed by atoms with Crippen molar-refractivity contribution < 1.29 is 48.8 Å². The largest absolute Gasteiger partial charge is 0.492 e. The van der Waals surface area contributed by atoms with Crippen molar-refractivity contribution in [2.24, 2.45) is 0 Å². The molecule has 2 aromatic carbocycles. The normalized spacial score (nSPS) is 34.1. The zero-order chi connectivity index (χ0) is 22.0. The molecule has 4 heterocycles. The standard InChI is InChI=1S/C22H22O10/c23-6-15-16(24)17(25)18(26)22(31-15)30-9-1-2-11-14(5-9)27-7-12-10-3-4-13-21(29-8-28-13)20(10)32-19(11)12/h1-5,12,15-19,22-26H,6-8H2. The molecule has 0 spiro atoms. The summed E-state index contributed by atoms with van der Waals surface area (Å²) in [5.41, 5.74) is 1.85. The van der Waals surface area contributed by atoms with Gasteiger partial charge in [-0.2, -0.15) is 0 Å². The molecule has 0 radical (unpaired) electrons. The van der Waals surface area contributed by atoms with Gasteiger partial charge in [0, 0.05) is 17.2 Å². The lowest BCUT2D eigenvalue weighted by Gasteiger charge is -2.39. The second-order valence-corrected chi connectivity index (χ2v) is 8.19. The minimum atomic E-state index is -1.51. The van der Waals surface area contributed by atoms with Crippen LogP contribution in [0, 0.1) is 0 Å². The number of rotatable bonds is 3. The first-order valence-corrected chi connectivity index (χ1v) is 10.4. The molecule has 1 saturated heterocycles. The number of fused-ring (bicyclic) bond motifs is 7. The molecule has 4 aliphatic rings. The van der Waals surface area contributed by atoms with E-state index in [4.69, 9.17) is 28.4 Å². The molecule has 7 unspecified atom stereocenters. The maximum atomic E-state index is 10.2. The Morgan fingerprint density at radius 3 is 2.56 bits per heavy atom. The minimum Gasteiger partial charge on any atom is -0.492 e. The van der Waals surface area contributed by atoms with Gasteiger partial charge in [0.2, 0.25) is 18.8 Å². The SMILES string of the molecule is OCC1OC(Oc2ccc3c(c2)OCC2c4ccc5c(c4OC32)OCO5)C(O)C(O)C1O. The van der Waals surface area contributed by atoms with Crippen LogP contribution in [0.25, 0.3) is 0 Å². The van der Waals surface area contributed by atoms with Gasteiger partial charge in [-0.25, -0.2) is 0 Å². The highest BCUT2D eigenvalue weighted by Crippen LogP contribution is 2.57. The molecular weight excluding hydrogens is 424 g/mol. The highest BCUT2D eigenvalue weighted by Gasteiger charge is 2.46. The predicted molar refractivity (Wildman–Crippen MR) is 105 cm³/mol. The Bertz CT molecular complexity index is 1040. The second-order valence-electron chi connectivity index (χ2n) is 8.19. The molecule has 7 atom stereocenters. The Balaban J connectivity index is 1.24. The van der Waals surface area contributed by atoms with Gasteiger partial charge in [0.1, 0.15) is 42.0 Å². The van der Waals surface area contributed by atoms with Crippen LogP contribution in [0.15, 0.2) is 30.3 Å². The van der Waals surface area contributed by atoms with E-state index in [0.29, 0.717) is 35.4 Å². The molecular formula is C22H22O10. The molecule has 1 fully saturated rings. The van der Waals surface area contributed by atoms with Crippen LogP contribution in [0.1, 0.15) is 23.1 Å². The molecule has 2 aromatic rings. The van der Waals surface area contributed by atoms with Crippen molar-refractivity contribution in [3.8, 4) is 28.7 Å². The molecule has 32 heavy (non-hydrogen) atoms. The summed E-state index contributed by atoms with van der Waals surface area (Å²) < 4.78 is 34.4. The van der Waals surface area contributed by atoms with E-state index < -0.39 is 37.3 Å². The van der Waals surface area contributed by atoms with Crippen LogP contribution >= 0.6 is 0 Å². The van der Waals surface area contributed by atoms with Crippen LogP contribution in [0.3, 0.4) is 0 Å². The van der Waals surface area contributed by atoms with E-state index >= 15 is 0 Å². The summed E-state index contributed by atoms with van der Waals surface area (Å²) in [6, 6.07) is 9.00. The summed E-state index contributed by atoms with van der Waals surface area (Å²) in [5.74, 6) is 2.85. The van der Waals surface area contributed by atoms with E-state index in [2.05, 4.69) is 0 Å². The van der Waals surface area contributed by atoms with E-state index in [-0.39, 0.29) is 18.8 Å². The summed E-state index contributed by atoms with van der Waals surface area (Å²) in [6.07, 6.45) is -7.04. The predicted octanol–water partition coefficient (Wildman–Crippen LogP) is 0.204. The number of aliphatic hydroxyl groups is 4. The molecule has 10 nitrogen and oxygen atoms in total. The van der Waals surface area contributed by atoms with Crippen molar-refractivity contribution in [2.45, 2.75) is 42.7 Å². The van der Waals surface area contributed by atoms with Gasteiger partial charge >= 0.3 is 0 Å². The van der Waals surface area contributed by atoms with Crippen LogP contribution in [-0.2, 0) is 4.74 Å². The molecule has 0 saturated carbocycles. The van der Waals surface area contributed by atoms with Gasteiger partial charge in [0.15, 0.2) is 11.5 Å². The first-order chi connectivity index (χ1) is 15.5. The maximum absolute atomic E-state index is 10.2. The molecule has 0 bridgehead atoms. The summed E-state index contributed by atoms with van der Waals surface area (Å²) >= 11 is 0. The van der Waals surface area contributed by atoms with Crippen LogP contribution in [0.5, 0.6) is 28.7 Å². The van der Waals surface area contributed by atoms with E-state index in [1.165, 1.54) is 0 Å². The number of aliphatic hydroxyl groups excluding tert-OH is 4. The Hall–Kier alpha value is -2.76. The monoisotopic (exact) mass is 446 g/mol. The van der Waals surface area contributed by atoms with Gasteiger partial charge in [-0.15, -0.1) is 0 Å². The molecule has 6 rings (SSSR count). The average molecular weight is 446 g/mol. The Labute approximate surface area is 182 Å². The summed E-state index contributed by atoms with van der Waals surface area (Å²) in [5, 5.41) is 39.4. The third-order valence-corrected chi connectivity index (χ3v) is 6.34. The van der Waals surface area contributed by atoms with E-state index in [1.807, 2.05) is 18.2 Å². The molecule has 0 aromatic heterocycles. The van der Waals surface area contributed by atoms with Gasteiger partial charge in [-0.1, -0.05) is 6.07 Å². The van der Waals surface area contributed by atoms with Crippen LogP contribution in [0.2, 0.25) is 0 Å². The number of ether oxygens (including phenoxy) is 6. The Kier molecular flexibility index (Phi) is 4.60. The van der Waals surface area contributed by atoms with Crippen molar-refractivity contribution in [1.29, 1.82) is 0 Å². The van der Waals surface area contributed by atoms with Crippen molar-refractivity contribution in [1.82, 2.24) is 0 Å². The van der Waals surface area contributed by atoms with Gasteiger partial charge in [0.05, 0.1) is 19.1 Å². The quantitative estimate of drug-likeness (QED) is 0.518. The van der Waals surface area contributed by atoms with Gasteiger partial charge in [0.25, 0.3) is 0 Å². The van der Waals surface area contributed by atoms with E-state index in [1.54, 1.807) is 12.1 Å². The third-order valence-electron chi connectivity index (χ3n) is 6.34. The first-order valence-electron chi connectivity index (χ1n) is 10.4. The lowest BCUT2D eigenvalue weighted by molar-refractivity contribution is -0.277. The molecule has 4 aliphatic heterocycles. The van der Waals surface area contributed by atoms with Crippen LogP contribution < -0.4 is 23.7 Å². The molecule has 10 heteroatoms. The minimum absolute atomic E-state index is 0.00390. The average Bonchev–Trinajstić information content (AvgIpc) is 3.43. The molecule has 170 valence electrons. The Morgan fingerprint density at radius 2 is 1.72 bits per heavy atom. The van der Waals surface area contributed by atoms with Crippen molar-refractivity contribution in [2.75, 3.05) is 20.0 Å². The number of hydrogen-bond acceptors (Lipinski definition) is 10. The third kappa shape index (κ3) is 2.91. The Morgan fingerprint density at radius 1 is 0.875 bits per heavy atom. The van der Waals surface area contributed by atoms with Gasteiger partial charge in [-0.3, -0.25) is 0 Å². The zero-order valence-electron chi connectivity index (χ0n) is 16.8. The van der Waals surface area contributed by atoms with E-state index in [0.717, 1.165) is 11.1 Å². The first kappa shape index (κ1) is 19.9. The second kappa shape index (κ2) is 7.39.